The third-order valence-corrected chi connectivity index (χ3v) is 11.3. The Kier molecular flexibility index (Phi) is 3.55. The first kappa shape index (κ1) is 17.8. The molecule has 0 saturated carbocycles. The highest BCUT2D eigenvalue weighted by Gasteiger charge is 2.14. The Labute approximate surface area is 199 Å². The van der Waals surface area contributed by atoms with Crippen molar-refractivity contribution in [2.75, 3.05) is 0 Å². The monoisotopic (exact) mass is 478 g/mol. The van der Waals surface area contributed by atoms with Gasteiger partial charge in [-0.3, -0.25) is 0 Å². The molecule has 0 atom stereocenters. The molecule has 4 heteroatoms. The van der Waals surface area contributed by atoms with E-state index >= 15 is 0 Å². The number of benzene rings is 4. The van der Waals surface area contributed by atoms with Gasteiger partial charge in [0.05, 0.1) is 18.8 Å². The molecule has 150 valence electrons. The van der Waals surface area contributed by atoms with Crippen LogP contribution in [0.5, 0.6) is 0 Å². The van der Waals surface area contributed by atoms with Crippen molar-refractivity contribution in [3.05, 3.63) is 84.9 Å². The minimum Gasteiger partial charge on any atom is -0.134 e. The minimum absolute atomic E-state index is 1.30. The summed E-state index contributed by atoms with van der Waals surface area (Å²) in [5.41, 5.74) is 2.61. The van der Waals surface area contributed by atoms with Crippen LogP contribution >= 0.6 is 45.3 Å². The van der Waals surface area contributed by atoms with Gasteiger partial charge in [0.15, 0.2) is 0 Å². The standard InChI is InChI=1S/C28H14S4/c1-3-7-21-17(5-1)25-27(29-21)19-11-9-15(13-23(19)31-25)16-10-12-20-24(14-16)32-26-18-6-2-4-8-22(18)30-28(20)26/h1-14H. The van der Waals surface area contributed by atoms with E-state index in [2.05, 4.69) is 84.9 Å². The smallest absolute Gasteiger partial charge is 0.0542 e. The average molecular weight is 479 g/mol. The zero-order valence-corrected chi connectivity index (χ0v) is 20.0. The van der Waals surface area contributed by atoms with Crippen LogP contribution in [0.4, 0.5) is 0 Å². The van der Waals surface area contributed by atoms with Crippen molar-refractivity contribution in [3.8, 4) is 11.1 Å². The van der Waals surface area contributed by atoms with Crippen LogP contribution in [0.15, 0.2) is 84.9 Å². The molecule has 0 unspecified atom stereocenters. The lowest BCUT2D eigenvalue weighted by Crippen LogP contribution is -1.76. The summed E-state index contributed by atoms with van der Waals surface area (Å²) in [6.07, 6.45) is 0. The van der Waals surface area contributed by atoms with Gasteiger partial charge in [0, 0.05) is 40.3 Å². The Bertz CT molecular complexity index is 1840. The van der Waals surface area contributed by atoms with E-state index in [0.29, 0.717) is 0 Å². The molecular formula is C28H14S4. The van der Waals surface area contributed by atoms with Crippen LogP contribution in [0.1, 0.15) is 0 Å². The molecule has 4 heterocycles. The van der Waals surface area contributed by atoms with E-state index in [0.717, 1.165) is 0 Å². The van der Waals surface area contributed by atoms with E-state index in [1.807, 2.05) is 45.3 Å². The first-order chi connectivity index (χ1) is 15.8. The number of hydrogen-bond acceptors (Lipinski definition) is 4. The summed E-state index contributed by atoms with van der Waals surface area (Å²) in [5.74, 6) is 0. The van der Waals surface area contributed by atoms with Crippen molar-refractivity contribution in [2.24, 2.45) is 0 Å². The largest absolute Gasteiger partial charge is 0.134 e. The zero-order valence-electron chi connectivity index (χ0n) is 16.7. The predicted octanol–water partition coefficient (Wildman–Crippen LogP) is 10.5. The zero-order chi connectivity index (χ0) is 20.8. The minimum atomic E-state index is 1.30. The van der Waals surface area contributed by atoms with Crippen molar-refractivity contribution in [1.82, 2.24) is 0 Å². The molecule has 0 fully saturated rings. The van der Waals surface area contributed by atoms with Crippen LogP contribution in [0.3, 0.4) is 0 Å². The molecule has 0 aliphatic rings. The van der Waals surface area contributed by atoms with E-state index in [1.165, 1.54) is 70.3 Å². The van der Waals surface area contributed by atoms with Crippen LogP contribution in [0, 0.1) is 0 Å². The molecule has 32 heavy (non-hydrogen) atoms. The molecule has 4 aromatic carbocycles. The quantitative estimate of drug-likeness (QED) is 0.220. The topological polar surface area (TPSA) is 0 Å². The van der Waals surface area contributed by atoms with E-state index in [9.17, 15) is 0 Å². The van der Waals surface area contributed by atoms with Gasteiger partial charge in [0.1, 0.15) is 0 Å². The maximum absolute atomic E-state index is 2.38. The molecule has 0 saturated heterocycles. The van der Waals surface area contributed by atoms with Crippen LogP contribution < -0.4 is 0 Å². The van der Waals surface area contributed by atoms with Crippen molar-refractivity contribution in [2.45, 2.75) is 0 Å². The lowest BCUT2D eigenvalue weighted by Gasteiger charge is -2.03. The Morgan fingerprint density at radius 1 is 0.344 bits per heavy atom. The van der Waals surface area contributed by atoms with Gasteiger partial charge in [-0.2, -0.15) is 0 Å². The maximum Gasteiger partial charge on any atom is 0.0542 e. The molecule has 0 N–H and O–H groups in total. The molecule has 0 nitrogen and oxygen atoms in total. The van der Waals surface area contributed by atoms with Crippen LogP contribution in [0.2, 0.25) is 0 Å². The van der Waals surface area contributed by atoms with Crippen molar-refractivity contribution >= 4 is 104 Å². The lowest BCUT2D eigenvalue weighted by atomic mass is 10.0. The fourth-order valence-electron chi connectivity index (χ4n) is 4.77. The highest BCUT2D eigenvalue weighted by atomic mass is 32.1. The summed E-state index contributed by atoms with van der Waals surface area (Å²) < 4.78 is 11.3. The number of rotatable bonds is 1. The van der Waals surface area contributed by atoms with E-state index in [1.54, 1.807) is 0 Å². The SMILES string of the molecule is c1ccc2c(c1)sc1c3ccc(-c4ccc5c(c4)sc4c6ccccc6sc54)cc3sc21. The highest BCUT2D eigenvalue weighted by molar-refractivity contribution is 7.37. The molecule has 0 amide bonds. The molecule has 0 bridgehead atoms. The lowest BCUT2D eigenvalue weighted by molar-refractivity contribution is 1.73. The third kappa shape index (κ3) is 2.36. The van der Waals surface area contributed by atoms with Gasteiger partial charge in [-0.25, -0.2) is 0 Å². The number of thiophene rings is 4. The first-order valence-corrected chi connectivity index (χ1v) is 13.8. The summed E-state index contributed by atoms with van der Waals surface area (Å²) in [7, 11) is 0. The molecule has 0 aliphatic carbocycles. The fraction of sp³-hybridized carbons (Fsp3) is 0. The van der Waals surface area contributed by atoms with Gasteiger partial charge >= 0.3 is 0 Å². The normalized spacial score (nSPS) is 12.4. The molecule has 8 rings (SSSR count). The Morgan fingerprint density at radius 2 is 0.719 bits per heavy atom. The van der Waals surface area contributed by atoms with Gasteiger partial charge in [0.2, 0.25) is 0 Å². The molecule has 4 aromatic heterocycles. The van der Waals surface area contributed by atoms with Gasteiger partial charge in [-0.15, -0.1) is 45.3 Å². The summed E-state index contributed by atoms with van der Waals surface area (Å²) >= 11 is 7.70. The molecule has 0 spiro atoms. The van der Waals surface area contributed by atoms with Gasteiger partial charge in [0.25, 0.3) is 0 Å². The Balaban J connectivity index is 1.32. The molecular weight excluding hydrogens is 465 g/mol. The van der Waals surface area contributed by atoms with Gasteiger partial charge in [-0.05, 0) is 35.4 Å². The molecule has 0 radical (unpaired) electrons. The summed E-state index contributed by atoms with van der Waals surface area (Å²) in [4.78, 5) is 0. The summed E-state index contributed by atoms with van der Waals surface area (Å²) in [6, 6.07) is 31.5. The first-order valence-electron chi connectivity index (χ1n) is 10.5. The average Bonchev–Trinajstić information content (AvgIpc) is 3.56. The molecule has 0 aliphatic heterocycles. The third-order valence-electron chi connectivity index (χ3n) is 6.31. The van der Waals surface area contributed by atoms with Crippen LogP contribution in [0.25, 0.3) is 70.3 Å². The van der Waals surface area contributed by atoms with Crippen molar-refractivity contribution in [3.63, 3.8) is 0 Å². The van der Waals surface area contributed by atoms with Gasteiger partial charge < -0.3 is 0 Å². The number of hydrogen-bond donors (Lipinski definition) is 0. The second kappa shape index (κ2) is 6.40. The number of fused-ring (bicyclic) bond motifs is 10. The summed E-state index contributed by atoms with van der Waals surface area (Å²) in [5, 5.41) is 5.56. The molecule has 8 aromatic rings. The fourth-order valence-corrected chi connectivity index (χ4v) is 10.2. The Hall–Kier alpha value is -2.76. The van der Waals surface area contributed by atoms with Crippen molar-refractivity contribution in [1.29, 1.82) is 0 Å². The predicted molar refractivity (Wildman–Crippen MR) is 148 cm³/mol. The highest BCUT2D eigenvalue weighted by Crippen LogP contribution is 2.47. The van der Waals surface area contributed by atoms with E-state index in [4.69, 9.17) is 0 Å². The maximum atomic E-state index is 2.38. The van der Waals surface area contributed by atoms with E-state index < -0.39 is 0 Å². The van der Waals surface area contributed by atoms with Crippen LogP contribution in [-0.2, 0) is 0 Å². The van der Waals surface area contributed by atoms with Crippen molar-refractivity contribution < 1.29 is 0 Å². The van der Waals surface area contributed by atoms with Crippen LogP contribution in [-0.4, -0.2) is 0 Å². The summed E-state index contributed by atoms with van der Waals surface area (Å²) in [6.45, 7) is 0. The Morgan fingerprint density at radius 3 is 1.19 bits per heavy atom. The second-order valence-corrected chi connectivity index (χ2v) is 12.3. The van der Waals surface area contributed by atoms with E-state index in [-0.39, 0.29) is 0 Å². The van der Waals surface area contributed by atoms with Gasteiger partial charge in [-0.1, -0.05) is 60.7 Å². The second-order valence-electron chi connectivity index (χ2n) is 8.14.